The minimum Gasteiger partial charge on any atom is -0.457 e. The van der Waals surface area contributed by atoms with E-state index in [1.807, 2.05) is 0 Å². The third-order valence-electron chi connectivity index (χ3n) is 4.46. The molecule has 0 heterocycles. The molecule has 0 aromatic heterocycles. The summed E-state index contributed by atoms with van der Waals surface area (Å²) in [5.74, 6) is 2.43. The second-order valence-corrected chi connectivity index (χ2v) is 6.85. The minimum atomic E-state index is -0.216. The highest BCUT2D eigenvalue weighted by atomic mass is 16.5. The number of anilines is 3. The molecule has 154 valence electrons. The summed E-state index contributed by atoms with van der Waals surface area (Å²) in [6.07, 6.45) is 0. The van der Waals surface area contributed by atoms with Crippen LogP contribution in [-0.2, 0) is 0 Å². The van der Waals surface area contributed by atoms with E-state index in [0.717, 1.165) is 0 Å². The number of carbonyl (C=O) groups is 1. The molecule has 6 nitrogen and oxygen atoms in total. The molecule has 6 heteroatoms. The number of rotatable bonds is 6. The zero-order valence-electron chi connectivity index (χ0n) is 16.6. The van der Waals surface area contributed by atoms with Gasteiger partial charge in [0, 0.05) is 22.6 Å². The molecule has 4 aromatic carbocycles. The molecule has 0 spiro atoms. The first-order valence-corrected chi connectivity index (χ1v) is 9.63. The largest absolute Gasteiger partial charge is 0.457 e. The number of hydrogen-bond donors (Lipinski definition) is 3. The Morgan fingerprint density at radius 1 is 0.548 bits per heavy atom. The van der Waals surface area contributed by atoms with Crippen LogP contribution in [0.3, 0.4) is 0 Å². The quantitative estimate of drug-likeness (QED) is 0.354. The van der Waals surface area contributed by atoms with Crippen LogP contribution >= 0.6 is 0 Å². The Morgan fingerprint density at radius 3 is 1.32 bits per heavy atom. The lowest BCUT2D eigenvalue weighted by Gasteiger charge is -2.09. The van der Waals surface area contributed by atoms with Crippen molar-refractivity contribution in [3.05, 3.63) is 103 Å². The van der Waals surface area contributed by atoms with Gasteiger partial charge in [0.15, 0.2) is 0 Å². The third-order valence-corrected chi connectivity index (χ3v) is 4.46. The summed E-state index contributed by atoms with van der Waals surface area (Å²) in [6.45, 7) is 0. The summed E-state index contributed by atoms with van der Waals surface area (Å²) >= 11 is 0. The lowest BCUT2D eigenvalue weighted by atomic mass is 10.2. The van der Waals surface area contributed by atoms with Crippen LogP contribution in [0.4, 0.5) is 17.1 Å². The summed E-state index contributed by atoms with van der Waals surface area (Å²) in [4.78, 5) is 12.5. The molecule has 0 saturated carbocycles. The number of nitrogen functional groups attached to an aromatic ring is 2. The van der Waals surface area contributed by atoms with Gasteiger partial charge in [-0.1, -0.05) is 0 Å². The van der Waals surface area contributed by atoms with Crippen LogP contribution in [-0.4, -0.2) is 5.91 Å². The number of nitrogens with two attached hydrogens (primary N) is 2. The number of nitrogens with one attached hydrogen (secondary N) is 1. The molecule has 0 aliphatic carbocycles. The van der Waals surface area contributed by atoms with E-state index in [1.54, 1.807) is 97.1 Å². The fraction of sp³-hybridized carbons (Fsp3) is 0. The van der Waals surface area contributed by atoms with Gasteiger partial charge in [0.2, 0.25) is 0 Å². The zero-order valence-corrected chi connectivity index (χ0v) is 16.6. The minimum absolute atomic E-state index is 0.216. The maximum Gasteiger partial charge on any atom is 0.255 e. The summed E-state index contributed by atoms with van der Waals surface area (Å²) in [6, 6.07) is 28.3. The third kappa shape index (κ3) is 5.33. The molecule has 5 N–H and O–H groups in total. The molecule has 0 aliphatic heterocycles. The van der Waals surface area contributed by atoms with E-state index in [9.17, 15) is 4.79 Å². The van der Waals surface area contributed by atoms with Crippen molar-refractivity contribution >= 4 is 23.0 Å². The van der Waals surface area contributed by atoms with Crippen molar-refractivity contribution in [2.75, 3.05) is 16.8 Å². The Bertz CT molecular complexity index is 1150. The Labute approximate surface area is 180 Å². The molecule has 0 unspecified atom stereocenters. The molecule has 0 saturated heterocycles. The van der Waals surface area contributed by atoms with Crippen LogP contribution in [0, 0.1) is 0 Å². The van der Waals surface area contributed by atoms with Crippen molar-refractivity contribution in [1.82, 2.24) is 0 Å². The Kier molecular flexibility index (Phi) is 5.71. The Hall–Kier alpha value is -4.45. The maximum absolute atomic E-state index is 12.5. The molecule has 0 aliphatic rings. The second kappa shape index (κ2) is 8.92. The summed E-state index contributed by atoms with van der Waals surface area (Å²) in [5, 5.41) is 2.87. The van der Waals surface area contributed by atoms with Crippen molar-refractivity contribution in [3.8, 4) is 23.0 Å². The molecular weight excluding hydrogens is 390 g/mol. The maximum atomic E-state index is 12.5. The van der Waals surface area contributed by atoms with Crippen LogP contribution in [0.25, 0.3) is 0 Å². The van der Waals surface area contributed by atoms with Gasteiger partial charge in [0.1, 0.15) is 23.0 Å². The van der Waals surface area contributed by atoms with Gasteiger partial charge in [-0.3, -0.25) is 4.79 Å². The number of benzene rings is 4. The molecule has 0 radical (unpaired) electrons. The zero-order chi connectivity index (χ0) is 21.6. The van der Waals surface area contributed by atoms with Crippen molar-refractivity contribution in [2.24, 2.45) is 0 Å². The van der Waals surface area contributed by atoms with Gasteiger partial charge in [-0.25, -0.2) is 0 Å². The lowest BCUT2D eigenvalue weighted by molar-refractivity contribution is 0.102. The molecule has 0 bridgehead atoms. The smallest absolute Gasteiger partial charge is 0.255 e. The first-order chi connectivity index (χ1) is 15.0. The average Bonchev–Trinajstić information content (AvgIpc) is 2.79. The fourth-order valence-electron chi connectivity index (χ4n) is 2.83. The van der Waals surface area contributed by atoms with E-state index in [4.69, 9.17) is 20.9 Å². The summed E-state index contributed by atoms with van der Waals surface area (Å²) in [5.41, 5.74) is 13.9. The van der Waals surface area contributed by atoms with E-state index in [-0.39, 0.29) is 5.91 Å². The van der Waals surface area contributed by atoms with Crippen LogP contribution in [0.5, 0.6) is 23.0 Å². The number of carbonyl (C=O) groups excluding carboxylic acids is 1. The van der Waals surface area contributed by atoms with Gasteiger partial charge in [-0.05, 0) is 97.1 Å². The molecule has 4 rings (SSSR count). The molecule has 4 aromatic rings. The first-order valence-electron chi connectivity index (χ1n) is 9.63. The average molecular weight is 411 g/mol. The predicted molar refractivity (Wildman–Crippen MR) is 123 cm³/mol. The summed E-state index contributed by atoms with van der Waals surface area (Å²) < 4.78 is 11.5. The monoisotopic (exact) mass is 411 g/mol. The fourth-order valence-corrected chi connectivity index (χ4v) is 2.83. The number of ether oxygens (including phenoxy) is 2. The van der Waals surface area contributed by atoms with Gasteiger partial charge in [-0.15, -0.1) is 0 Å². The Balaban J connectivity index is 1.35. The van der Waals surface area contributed by atoms with Crippen molar-refractivity contribution in [3.63, 3.8) is 0 Å². The first kappa shape index (κ1) is 19.8. The van der Waals surface area contributed by atoms with Crippen molar-refractivity contribution in [1.29, 1.82) is 0 Å². The van der Waals surface area contributed by atoms with Gasteiger partial charge in [0.25, 0.3) is 5.91 Å². The van der Waals surface area contributed by atoms with E-state index >= 15 is 0 Å². The Morgan fingerprint density at radius 2 is 0.903 bits per heavy atom. The molecule has 0 atom stereocenters. The van der Waals surface area contributed by atoms with Crippen LogP contribution in [0.15, 0.2) is 97.1 Å². The molecule has 1 amide bonds. The molecule has 0 fully saturated rings. The highest BCUT2D eigenvalue weighted by Gasteiger charge is 2.07. The van der Waals surface area contributed by atoms with Crippen LogP contribution < -0.4 is 26.3 Å². The SMILES string of the molecule is Nc1ccc(Oc2ccc(NC(=O)c3ccc(Oc4ccc(N)cc4)cc3)cc2)cc1. The predicted octanol–water partition coefficient (Wildman–Crippen LogP) is 5.69. The lowest BCUT2D eigenvalue weighted by Crippen LogP contribution is -2.11. The van der Waals surface area contributed by atoms with Crippen LogP contribution in [0.1, 0.15) is 10.4 Å². The summed E-state index contributed by atoms with van der Waals surface area (Å²) in [7, 11) is 0. The standard InChI is InChI=1S/C25H21N3O3/c26-18-3-11-22(12-4-18)30-21-9-1-17(2-10-21)25(29)28-20-7-15-24(16-8-20)31-23-13-5-19(27)6-14-23/h1-16H,26-27H2,(H,28,29). The molecule has 31 heavy (non-hydrogen) atoms. The van der Waals surface area contributed by atoms with E-state index in [0.29, 0.717) is 45.6 Å². The second-order valence-electron chi connectivity index (χ2n) is 6.85. The van der Waals surface area contributed by atoms with Gasteiger partial charge in [0.05, 0.1) is 0 Å². The van der Waals surface area contributed by atoms with Crippen LogP contribution in [0.2, 0.25) is 0 Å². The highest BCUT2D eigenvalue weighted by Crippen LogP contribution is 2.25. The number of amides is 1. The topological polar surface area (TPSA) is 99.6 Å². The number of hydrogen-bond acceptors (Lipinski definition) is 5. The van der Waals surface area contributed by atoms with Crippen molar-refractivity contribution < 1.29 is 14.3 Å². The van der Waals surface area contributed by atoms with Gasteiger partial charge < -0.3 is 26.3 Å². The molecular formula is C25H21N3O3. The van der Waals surface area contributed by atoms with E-state index < -0.39 is 0 Å². The van der Waals surface area contributed by atoms with Gasteiger partial charge in [-0.2, -0.15) is 0 Å². The van der Waals surface area contributed by atoms with E-state index in [2.05, 4.69) is 5.32 Å². The highest BCUT2D eigenvalue weighted by molar-refractivity contribution is 6.04. The van der Waals surface area contributed by atoms with Crippen molar-refractivity contribution in [2.45, 2.75) is 0 Å². The normalized spacial score (nSPS) is 10.3. The van der Waals surface area contributed by atoms with Gasteiger partial charge >= 0.3 is 0 Å². The van der Waals surface area contributed by atoms with E-state index in [1.165, 1.54) is 0 Å².